The summed E-state index contributed by atoms with van der Waals surface area (Å²) in [6.45, 7) is 4.68. The van der Waals surface area contributed by atoms with Crippen LogP contribution >= 0.6 is 0 Å². The highest BCUT2D eigenvalue weighted by Crippen LogP contribution is 2.14. The lowest BCUT2D eigenvalue weighted by Gasteiger charge is -2.18. The van der Waals surface area contributed by atoms with Crippen molar-refractivity contribution >= 4 is 15.9 Å². The summed E-state index contributed by atoms with van der Waals surface area (Å²) in [6.07, 6.45) is 0. The maximum atomic E-state index is 12.6. The van der Waals surface area contributed by atoms with Crippen LogP contribution in [-0.4, -0.2) is 32.8 Å². The van der Waals surface area contributed by atoms with E-state index < -0.39 is 10.0 Å². The van der Waals surface area contributed by atoms with Crippen LogP contribution in [0.4, 0.5) is 0 Å². The Kier molecular flexibility index (Phi) is 6.33. The Morgan fingerprint density at radius 3 is 2.40 bits per heavy atom. The molecule has 25 heavy (non-hydrogen) atoms. The van der Waals surface area contributed by atoms with Gasteiger partial charge in [0.15, 0.2) is 0 Å². The molecule has 0 radical (unpaired) electrons. The molecular weight excluding hydrogens is 336 g/mol. The number of carbonyl (C=O) groups is 1. The number of nitrogens with zero attached hydrogens (tertiary/aromatic N) is 1. The molecule has 0 spiro atoms. The fourth-order valence-corrected chi connectivity index (χ4v) is 3.56. The number of hydrogen-bond donors (Lipinski definition) is 1. The Labute approximate surface area is 149 Å². The largest absolute Gasteiger partial charge is 0.337 e. The summed E-state index contributed by atoms with van der Waals surface area (Å²) in [7, 11) is -1.91. The van der Waals surface area contributed by atoms with E-state index in [1.807, 2.05) is 44.2 Å². The average molecular weight is 360 g/mol. The minimum absolute atomic E-state index is 0.104. The van der Waals surface area contributed by atoms with E-state index in [0.29, 0.717) is 18.7 Å². The van der Waals surface area contributed by atoms with Crippen molar-refractivity contribution in [3.05, 3.63) is 65.7 Å². The van der Waals surface area contributed by atoms with Crippen molar-refractivity contribution in [1.82, 2.24) is 9.62 Å². The van der Waals surface area contributed by atoms with E-state index in [9.17, 15) is 13.2 Å². The summed E-state index contributed by atoms with van der Waals surface area (Å²) in [5.41, 5.74) is 1.37. The van der Waals surface area contributed by atoms with Gasteiger partial charge in [-0.1, -0.05) is 50.2 Å². The van der Waals surface area contributed by atoms with Crippen LogP contribution in [0.5, 0.6) is 0 Å². The highest BCUT2D eigenvalue weighted by atomic mass is 32.2. The predicted molar refractivity (Wildman–Crippen MR) is 98.7 cm³/mol. The van der Waals surface area contributed by atoms with E-state index in [4.69, 9.17) is 0 Å². The average Bonchev–Trinajstić information content (AvgIpc) is 2.60. The van der Waals surface area contributed by atoms with Gasteiger partial charge < -0.3 is 4.90 Å². The molecule has 2 aromatic carbocycles. The number of hydrogen-bond acceptors (Lipinski definition) is 3. The van der Waals surface area contributed by atoms with Gasteiger partial charge in [-0.15, -0.1) is 0 Å². The first kappa shape index (κ1) is 19.1. The molecule has 0 aliphatic carbocycles. The predicted octanol–water partition coefficient (Wildman–Crippen LogP) is 2.89. The molecule has 0 saturated heterocycles. The molecule has 6 heteroatoms. The van der Waals surface area contributed by atoms with Gasteiger partial charge in [0, 0.05) is 25.7 Å². The van der Waals surface area contributed by atoms with Crippen molar-refractivity contribution in [3.8, 4) is 0 Å². The van der Waals surface area contributed by atoms with E-state index in [1.165, 1.54) is 12.1 Å². The zero-order chi connectivity index (χ0) is 18.4. The first-order chi connectivity index (χ1) is 11.8. The fraction of sp³-hybridized carbons (Fsp3) is 0.316. The lowest BCUT2D eigenvalue weighted by atomic mass is 10.1. The molecule has 0 bridgehead atoms. The quantitative estimate of drug-likeness (QED) is 0.826. The van der Waals surface area contributed by atoms with Crippen LogP contribution in [0.3, 0.4) is 0 Å². The minimum Gasteiger partial charge on any atom is -0.337 e. The SMILES string of the molecule is CC(C)CNS(=O)(=O)c1cccc(C(=O)N(C)Cc2ccccc2)c1. The minimum atomic E-state index is -3.62. The van der Waals surface area contributed by atoms with Crippen LogP contribution in [-0.2, 0) is 16.6 Å². The molecule has 0 heterocycles. The van der Waals surface area contributed by atoms with Crippen molar-refractivity contribution in [2.24, 2.45) is 5.92 Å². The molecule has 2 aromatic rings. The monoisotopic (exact) mass is 360 g/mol. The van der Waals surface area contributed by atoms with Gasteiger partial charge in [-0.05, 0) is 29.7 Å². The molecule has 134 valence electrons. The third kappa shape index (κ3) is 5.41. The van der Waals surface area contributed by atoms with Gasteiger partial charge in [0.2, 0.25) is 10.0 Å². The number of rotatable bonds is 7. The second kappa shape index (κ2) is 8.27. The summed E-state index contributed by atoms with van der Waals surface area (Å²) in [5.74, 6) is -0.0126. The summed E-state index contributed by atoms with van der Waals surface area (Å²) < 4.78 is 27.2. The first-order valence-corrected chi connectivity index (χ1v) is 9.67. The molecule has 0 aromatic heterocycles. The molecule has 0 aliphatic rings. The smallest absolute Gasteiger partial charge is 0.253 e. The Bertz CT molecular complexity index is 818. The highest BCUT2D eigenvalue weighted by molar-refractivity contribution is 7.89. The van der Waals surface area contributed by atoms with Gasteiger partial charge in [0.05, 0.1) is 4.90 Å². The molecule has 0 unspecified atom stereocenters. The van der Waals surface area contributed by atoms with E-state index in [2.05, 4.69) is 4.72 Å². The standard InChI is InChI=1S/C19H24N2O3S/c1-15(2)13-20-25(23,24)18-11-7-10-17(12-18)19(22)21(3)14-16-8-5-4-6-9-16/h4-12,15,20H,13-14H2,1-3H3. The van der Waals surface area contributed by atoms with E-state index in [0.717, 1.165) is 5.56 Å². The van der Waals surface area contributed by atoms with Crippen LogP contribution in [0, 0.1) is 5.92 Å². The van der Waals surface area contributed by atoms with Crippen LogP contribution < -0.4 is 4.72 Å². The van der Waals surface area contributed by atoms with Crippen molar-refractivity contribution in [1.29, 1.82) is 0 Å². The molecule has 1 N–H and O–H groups in total. The Morgan fingerprint density at radius 2 is 1.76 bits per heavy atom. The van der Waals surface area contributed by atoms with Crippen molar-refractivity contribution in [2.45, 2.75) is 25.3 Å². The normalized spacial score (nSPS) is 11.5. The molecule has 1 amide bonds. The second-order valence-electron chi connectivity index (χ2n) is 6.42. The number of nitrogens with one attached hydrogen (secondary N) is 1. The molecule has 5 nitrogen and oxygen atoms in total. The van der Waals surface area contributed by atoms with E-state index >= 15 is 0 Å². The number of amides is 1. The van der Waals surface area contributed by atoms with Crippen LogP contribution in [0.25, 0.3) is 0 Å². The van der Waals surface area contributed by atoms with Gasteiger partial charge in [-0.2, -0.15) is 0 Å². The lowest BCUT2D eigenvalue weighted by Crippen LogP contribution is -2.29. The molecule has 0 fully saturated rings. The van der Waals surface area contributed by atoms with Crippen molar-refractivity contribution in [2.75, 3.05) is 13.6 Å². The summed E-state index contributed by atoms with van der Waals surface area (Å²) in [6, 6.07) is 15.8. The number of benzene rings is 2. The number of carbonyl (C=O) groups excluding carboxylic acids is 1. The van der Waals surface area contributed by atoms with Gasteiger partial charge in [-0.3, -0.25) is 4.79 Å². The number of sulfonamides is 1. The zero-order valence-electron chi connectivity index (χ0n) is 14.8. The third-order valence-electron chi connectivity index (χ3n) is 3.68. The Morgan fingerprint density at radius 1 is 1.08 bits per heavy atom. The van der Waals surface area contributed by atoms with Gasteiger partial charge >= 0.3 is 0 Å². The van der Waals surface area contributed by atoms with Gasteiger partial charge in [0.25, 0.3) is 5.91 Å². The van der Waals surface area contributed by atoms with Crippen LogP contribution in [0.2, 0.25) is 0 Å². The van der Waals surface area contributed by atoms with Gasteiger partial charge in [-0.25, -0.2) is 13.1 Å². The molecule has 0 atom stereocenters. The van der Waals surface area contributed by atoms with Crippen molar-refractivity contribution < 1.29 is 13.2 Å². The van der Waals surface area contributed by atoms with E-state index in [-0.39, 0.29) is 16.7 Å². The van der Waals surface area contributed by atoms with Crippen LogP contribution in [0.1, 0.15) is 29.8 Å². The zero-order valence-corrected chi connectivity index (χ0v) is 15.6. The Balaban J connectivity index is 2.16. The van der Waals surface area contributed by atoms with E-state index in [1.54, 1.807) is 24.1 Å². The molecule has 0 aliphatic heterocycles. The lowest BCUT2D eigenvalue weighted by molar-refractivity contribution is 0.0785. The first-order valence-electron chi connectivity index (χ1n) is 8.18. The fourth-order valence-electron chi connectivity index (χ4n) is 2.31. The second-order valence-corrected chi connectivity index (χ2v) is 8.19. The summed E-state index contributed by atoms with van der Waals surface area (Å²) in [5, 5.41) is 0. The summed E-state index contributed by atoms with van der Waals surface area (Å²) in [4.78, 5) is 14.3. The highest BCUT2D eigenvalue weighted by Gasteiger charge is 2.18. The molecule has 2 rings (SSSR count). The topological polar surface area (TPSA) is 66.5 Å². The molecule has 0 saturated carbocycles. The maximum absolute atomic E-state index is 12.6. The summed E-state index contributed by atoms with van der Waals surface area (Å²) >= 11 is 0. The van der Waals surface area contributed by atoms with Crippen LogP contribution in [0.15, 0.2) is 59.5 Å². The maximum Gasteiger partial charge on any atom is 0.253 e. The third-order valence-corrected chi connectivity index (χ3v) is 5.10. The van der Waals surface area contributed by atoms with Crippen molar-refractivity contribution in [3.63, 3.8) is 0 Å². The molecular formula is C19H24N2O3S. The Hall–Kier alpha value is -2.18. The van der Waals surface area contributed by atoms with Gasteiger partial charge in [0.1, 0.15) is 0 Å².